The van der Waals surface area contributed by atoms with Gasteiger partial charge >= 0.3 is 0 Å². The van der Waals surface area contributed by atoms with Gasteiger partial charge in [-0.05, 0) is 12.8 Å². The minimum atomic E-state index is -3.74. The average molecular weight is 210 g/mol. The number of piperidine rings is 1. The van der Waals surface area contributed by atoms with Crippen molar-refractivity contribution in [1.82, 2.24) is 4.31 Å². The molecule has 1 aliphatic heterocycles. The van der Waals surface area contributed by atoms with Gasteiger partial charge in [0.1, 0.15) is 5.60 Å². The lowest BCUT2D eigenvalue weighted by Crippen LogP contribution is -2.53. The highest BCUT2D eigenvalue weighted by Crippen LogP contribution is 2.21. The quantitative estimate of drug-likeness (QED) is 0.490. The van der Waals surface area contributed by atoms with Crippen LogP contribution in [0.5, 0.6) is 0 Å². The zero-order chi connectivity index (χ0) is 10.1. The van der Waals surface area contributed by atoms with Gasteiger partial charge in [0.15, 0.2) is 0 Å². The maximum Gasteiger partial charge on any atom is 0.277 e. The SMILES string of the molecule is NS(=O)(=O)N1CCCC(O)(CO)C1. The van der Waals surface area contributed by atoms with Crippen LogP contribution in [0.4, 0.5) is 0 Å². The van der Waals surface area contributed by atoms with Crippen LogP contribution in [0.2, 0.25) is 0 Å². The van der Waals surface area contributed by atoms with Crippen LogP contribution in [-0.2, 0) is 10.2 Å². The van der Waals surface area contributed by atoms with Gasteiger partial charge < -0.3 is 10.2 Å². The van der Waals surface area contributed by atoms with Gasteiger partial charge in [-0.2, -0.15) is 12.7 Å². The molecule has 1 saturated heterocycles. The fraction of sp³-hybridized carbons (Fsp3) is 1.00. The number of nitrogens with zero attached hydrogens (tertiary/aromatic N) is 1. The number of aliphatic hydroxyl groups excluding tert-OH is 1. The van der Waals surface area contributed by atoms with Crippen LogP contribution in [-0.4, -0.2) is 48.2 Å². The highest BCUT2D eigenvalue weighted by molar-refractivity contribution is 7.86. The molecule has 6 nitrogen and oxygen atoms in total. The van der Waals surface area contributed by atoms with Crippen LogP contribution < -0.4 is 5.14 Å². The van der Waals surface area contributed by atoms with Gasteiger partial charge in [0.2, 0.25) is 0 Å². The van der Waals surface area contributed by atoms with E-state index in [4.69, 9.17) is 10.2 Å². The van der Waals surface area contributed by atoms with Crippen molar-refractivity contribution < 1.29 is 18.6 Å². The van der Waals surface area contributed by atoms with Crippen LogP contribution in [0.25, 0.3) is 0 Å². The Kier molecular flexibility index (Phi) is 2.93. The lowest BCUT2D eigenvalue weighted by atomic mass is 9.95. The molecule has 1 unspecified atom stereocenters. The molecule has 1 fully saturated rings. The van der Waals surface area contributed by atoms with E-state index in [1.807, 2.05) is 0 Å². The van der Waals surface area contributed by atoms with E-state index < -0.39 is 22.4 Å². The summed E-state index contributed by atoms with van der Waals surface area (Å²) in [6, 6.07) is 0. The van der Waals surface area contributed by atoms with Gasteiger partial charge in [-0.15, -0.1) is 0 Å². The normalized spacial score (nSPS) is 31.9. The average Bonchev–Trinajstić information content (AvgIpc) is 2.03. The summed E-state index contributed by atoms with van der Waals surface area (Å²) in [5, 5.41) is 23.3. The summed E-state index contributed by atoms with van der Waals surface area (Å²) in [6.45, 7) is -0.261. The van der Waals surface area contributed by atoms with Crippen molar-refractivity contribution >= 4 is 10.2 Å². The molecule has 1 rings (SSSR count). The van der Waals surface area contributed by atoms with Gasteiger partial charge in [0.25, 0.3) is 10.2 Å². The Morgan fingerprint density at radius 1 is 1.54 bits per heavy atom. The van der Waals surface area contributed by atoms with E-state index in [0.717, 1.165) is 4.31 Å². The third kappa shape index (κ3) is 2.61. The number of hydrogen-bond acceptors (Lipinski definition) is 4. The van der Waals surface area contributed by atoms with E-state index in [0.29, 0.717) is 19.4 Å². The molecule has 0 bridgehead atoms. The Labute approximate surface area is 77.1 Å². The van der Waals surface area contributed by atoms with Crippen molar-refractivity contribution in [2.45, 2.75) is 18.4 Å². The minimum absolute atomic E-state index is 0.123. The molecule has 0 aliphatic carbocycles. The molecule has 4 N–H and O–H groups in total. The van der Waals surface area contributed by atoms with E-state index >= 15 is 0 Å². The summed E-state index contributed by atoms with van der Waals surface area (Å²) in [4.78, 5) is 0. The van der Waals surface area contributed by atoms with Gasteiger partial charge in [0.05, 0.1) is 6.61 Å². The Morgan fingerprint density at radius 2 is 2.15 bits per heavy atom. The molecule has 0 radical (unpaired) electrons. The molecule has 0 aromatic rings. The van der Waals surface area contributed by atoms with Crippen molar-refractivity contribution in [2.75, 3.05) is 19.7 Å². The zero-order valence-corrected chi connectivity index (χ0v) is 8.00. The highest BCUT2D eigenvalue weighted by atomic mass is 32.2. The molecule has 0 spiro atoms. The van der Waals surface area contributed by atoms with Crippen LogP contribution in [0.1, 0.15) is 12.8 Å². The van der Waals surface area contributed by atoms with Gasteiger partial charge in [-0.25, -0.2) is 5.14 Å². The van der Waals surface area contributed by atoms with E-state index in [1.165, 1.54) is 0 Å². The van der Waals surface area contributed by atoms with Crippen LogP contribution in [0.15, 0.2) is 0 Å². The number of rotatable bonds is 2. The van der Waals surface area contributed by atoms with Gasteiger partial charge in [-0.3, -0.25) is 0 Å². The summed E-state index contributed by atoms with van der Waals surface area (Å²) in [5.41, 5.74) is -1.33. The molecule has 0 saturated carbocycles. The van der Waals surface area contributed by atoms with Crippen LogP contribution in [0, 0.1) is 0 Å². The first-order valence-electron chi connectivity index (χ1n) is 3.98. The first-order valence-corrected chi connectivity index (χ1v) is 5.49. The molecule has 0 aromatic carbocycles. The van der Waals surface area contributed by atoms with Crippen LogP contribution in [0.3, 0.4) is 0 Å². The topological polar surface area (TPSA) is 104 Å². The number of β-amino-alcohol motifs (C(OH)–C–C–N with tert-alkyl or cyclic N) is 1. The predicted molar refractivity (Wildman–Crippen MR) is 45.9 cm³/mol. The van der Waals surface area contributed by atoms with Gasteiger partial charge in [-0.1, -0.05) is 0 Å². The molecule has 1 aliphatic rings. The molecule has 7 heteroatoms. The largest absolute Gasteiger partial charge is 0.393 e. The Balaban J connectivity index is 2.73. The van der Waals surface area contributed by atoms with E-state index in [2.05, 4.69) is 0 Å². The molecule has 0 aromatic heterocycles. The minimum Gasteiger partial charge on any atom is -0.393 e. The maximum atomic E-state index is 10.9. The first kappa shape index (κ1) is 10.9. The van der Waals surface area contributed by atoms with Crippen molar-refractivity contribution in [3.63, 3.8) is 0 Å². The standard InChI is InChI=1S/C6H14N2O4S/c7-13(11,12)8-3-1-2-6(10,4-8)5-9/h9-10H,1-5H2,(H2,7,11,12). The van der Waals surface area contributed by atoms with E-state index in [-0.39, 0.29) is 6.54 Å². The third-order valence-corrected chi connectivity index (χ3v) is 3.21. The summed E-state index contributed by atoms with van der Waals surface area (Å²) >= 11 is 0. The van der Waals surface area contributed by atoms with Crippen molar-refractivity contribution in [3.05, 3.63) is 0 Å². The smallest absolute Gasteiger partial charge is 0.277 e. The van der Waals surface area contributed by atoms with Crippen molar-refractivity contribution in [3.8, 4) is 0 Å². The monoisotopic (exact) mass is 210 g/mol. The predicted octanol–water partition coefficient (Wildman–Crippen LogP) is -1.99. The highest BCUT2D eigenvalue weighted by Gasteiger charge is 2.36. The summed E-state index contributed by atoms with van der Waals surface area (Å²) in [7, 11) is -3.74. The lowest BCUT2D eigenvalue weighted by Gasteiger charge is -2.36. The van der Waals surface area contributed by atoms with Crippen molar-refractivity contribution in [2.24, 2.45) is 5.14 Å². The molecular formula is C6H14N2O4S. The zero-order valence-electron chi connectivity index (χ0n) is 7.18. The third-order valence-electron chi connectivity index (χ3n) is 2.17. The summed E-state index contributed by atoms with van der Waals surface area (Å²) in [5.74, 6) is 0. The van der Waals surface area contributed by atoms with Crippen LogP contribution >= 0.6 is 0 Å². The lowest BCUT2D eigenvalue weighted by molar-refractivity contribution is -0.0496. The fourth-order valence-corrected chi connectivity index (χ4v) is 2.22. The van der Waals surface area contributed by atoms with E-state index in [1.54, 1.807) is 0 Å². The number of hydrogen-bond donors (Lipinski definition) is 3. The maximum absolute atomic E-state index is 10.9. The second-order valence-electron chi connectivity index (χ2n) is 3.36. The van der Waals surface area contributed by atoms with E-state index in [9.17, 15) is 13.5 Å². The summed E-state index contributed by atoms with van der Waals surface area (Å²) in [6.07, 6.45) is 0.906. The van der Waals surface area contributed by atoms with Gasteiger partial charge in [0, 0.05) is 13.1 Å². The molecule has 0 amide bonds. The Hall–Kier alpha value is -0.210. The fourth-order valence-electron chi connectivity index (χ4n) is 1.42. The first-order chi connectivity index (χ1) is 5.87. The molecular weight excluding hydrogens is 196 g/mol. The Bertz CT molecular complexity index is 278. The Morgan fingerprint density at radius 3 is 2.62 bits per heavy atom. The van der Waals surface area contributed by atoms with Crippen molar-refractivity contribution in [1.29, 1.82) is 0 Å². The number of nitrogens with two attached hydrogens (primary N) is 1. The molecule has 1 heterocycles. The summed E-state index contributed by atoms with van der Waals surface area (Å²) < 4.78 is 22.8. The second-order valence-corrected chi connectivity index (χ2v) is 4.91. The second kappa shape index (κ2) is 3.50. The molecule has 13 heavy (non-hydrogen) atoms. The molecule has 1 atom stereocenters. The molecule has 78 valence electrons. The number of aliphatic hydroxyl groups is 2.